The Labute approximate surface area is 54.8 Å². The van der Waals surface area contributed by atoms with E-state index in [0.29, 0.717) is 11.8 Å². The molecule has 50 valence electrons. The number of hydrogen-bond donors (Lipinski definition) is 0. The van der Waals surface area contributed by atoms with E-state index < -0.39 is 0 Å². The molecule has 1 fully saturated rings. The topological polar surface area (TPSA) is 0 Å². The minimum absolute atomic E-state index is 0.106. The van der Waals surface area contributed by atoms with Gasteiger partial charge in [-0.05, 0) is 30.6 Å². The Hall–Kier alpha value is -0.330. The number of fused-ring (bicyclic) bond motifs is 2. The van der Waals surface area contributed by atoms with Crippen LogP contribution in [0.15, 0.2) is 12.2 Å². The Bertz CT molecular complexity index is 140. The molecule has 3 atom stereocenters. The summed E-state index contributed by atoms with van der Waals surface area (Å²) in [5.74, 6) is 1.70. The molecule has 0 aromatic carbocycles. The third-order valence-corrected chi connectivity index (χ3v) is 2.61. The first-order valence-electron chi connectivity index (χ1n) is 3.64. The molecule has 0 heterocycles. The van der Waals surface area contributed by atoms with Crippen molar-refractivity contribution in [2.45, 2.75) is 12.8 Å². The van der Waals surface area contributed by atoms with Gasteiger partial charge in [-0.15, -0.1) is 0 Å². The van der Waals surface area contributed by atoms with Crippen molar-refractivity contribution in [3.63, 3.8) is 0 Å². The molecule has 0 N–H and O–H groups in total. The average molecular weight is 126 g/mol. The number of allylic oxidation sites excluding steroid dienone is 2. The van der Waals surface area contributed by atoms with Gasteiger partial charge in [0.1, 0.15) is 0 Å². The summed E-state index contributed by atoms with van der Waals surface area (Å²) in [6.07, 6.45) is 6.78. The predicted molar refractivity (Wildman–Crippen MR) is 34.8 cm³/mol. The van der Waals surface area contributed by atoms with Gasteiger partial charge in [-0.2, -0.15) is 0 Å². The van der Waals surface area contributed by atoms with Crippen LogP contribution in [0.4, 0.5) is 4.39 Å². The zero-order chi connectivity index (χ0) is 6.27. The molecule has 0 amide bonds. The van der Waals surface area contributed by atoms with E-state index in [2.05, 4.69) is 12.2 Å². The average Bonchev–Trinajstić information content (AvgIpc) is 2.45. The van der Waals surface area contributed by atoms with Crippen LogP contribution in [0.25, 0.3) is 0 Å². The minimum Gasteiger partial charge on any atom is -0.251 e. The normalized spacial score (nSPS) is 46.6. The summed E-state index contributed by atoms with van der Waals surface area (Å²) in [7, 11) is 0. The van der Waals surface area contributed by atoms with Gasteiger partial charge in [-0.1, -0.05) is 12.2 Å². The van der Waals surface area contributed by atoms with Crippen molar-refractivity contribution in [1.82, 2.24) is 0 Å². The molecule has 0 aromatic heterocycles. The lowest BCUT2D eigenvalue weighted by Gasteiger charge is -2.12. The van der Waals surface area contributed by atoms with Crippen LogP contribution < -0.4 is 0 Å². The second-order valence-electron chi connectivity index (χ2n) is 3.19. The van der Waals surface area contributed by atoms with Crippen LogP contribution in [0.1, 0.15) is 12.8 Å². The van der Waals surface area contributed by atoms with Gasteiger partial charge in [-0.3, -0.25) is 4.39 Å². The fraction of sp³-hybridized carbons (Fsp3) is 0.750. The molecule has 1 saturated carbocycles. The molecule has 0 saturated heterocycles. The van der Waals surface area contributed by atoms with E-state index in [0.717, 1.165) is 12.3 Å². The third kappa shape index (κ3) is 0.707. The number of rotatable bonds is 1. The minimum atomic E-state index is -0.106. The van der Waals surface area contributed by atoms with E-state index in [9.17, 15) is 4.39 Å². The van der Waals surface area contributed by atoms with Crippen LogP contribution in [0, 0.1) is 17.8 Å². The van der Waals surface area contributed by atoms with Crippen molar-refractivity contribution in [1.29, 1.82) is 0 Å². The zero-order valence-corrected chi connectivity index (χ0v) is 5.39. The zero-order valence-electron chi connectivity index (χ0n) is 5.39. The summed E-state index contributed by atoms with van der Waals surface area (Å²) in [6, 6.07) is 0. The van der Waals surface area contributed by atoms with Crippen molar-refractivity contribution >= 4 is 0 Å². The van der Waals surface area contributed by atoms with Crippen molar-refractivity contribution in [2.24, 2.45) is 17.8 Å². The van der Waals surface area contributed by atoms with Crippen molar-refractivity contribution in [2.75, 3.05) is 6.67 Å². The van der Waals surface area contributed by atoms with E-state index in [1.165, 1.54) is 6.42 Å². The Morgan fingerprint density at radius 2 is 2.22 bits per heavy atom. The lowest BCUT2D eigenvalue weighted by molar-refractivity contribution is 0.322. The molecule has 2 aliphatic carbocycles. The quantitative estimate of drug-likeness (QED) is 0.472. The first-order valence-corrected chi connectivity index (χ1v) is 3.64. The predicted octanol–water partition coefficient (Wildman–Crippen LogP) is 2.17. The summed E-state index contributed by atoms with van der Waals surface area (Å²) >= 11 is 0. The molecule has 2 bridgehead atoms. The fourth-order valence-electron chi connectivity index (χ4n) is 2.07. The van der Waals surface area contributed by atoms with Crippen LogP contribution in [-0.2, 0) is 0 Å². The SMILES string of the molecule is FC[C@H]1C[C@H]2C=C[C@@H]1C2. The monoisotopic (exact) mass is 126 g/mol. The standard InChI is InChI=1S/C8H11F/c9-5-8-4-6-1-2-7(8)3-6/h1-2,6-8H,3-5H2/t6-,7+,8+/m0/s1. The molecule has 1 heteroatoms. The smallest absolute Gasteiger partial charge is 0.0928 e. The van der Waals surface area contributed by atoms with Crippen LogP contribution in [0.3, 0.4) is 0 Å². The Morgan fingerprint density at radius 1 is 1.33 bits per heavy atom. The van der Waals surface area contributed by atoms with Crippen LogP contribution in [0.5, 0.6) is 0 Å². The largest absolute Gasteiger partial charge is 0.251 e. The van der Waals surface area contributed by atoms with Gasteiger partial charge in [0.25, 0.3) is 0 Å². The van der Waals surface area contributed by atoms with E-state index in [1.54, 1.807) is 0 Å². The summed E-state index contributed by atoms with van der Waals surface area (Å²) in [5, 5.41) is 0. The highest BCUT2D eigenvalue weighted by Crippen LogP contribution is 2.43. The molecular weight excluding hydrogens is 115 g/mol. The van der Waals surface area contributed by atoms with Crippen molar-refractivity contribution < 1.29 is 4.39 Å². The first-order chi connectivity index (χ1) is 4.40. The van der Waals surface area contributed by atoms with Gasteiger partial charge in [0.15, 0.2) is 0 Å². The van der Waals surface area contributed by atoms with Crippen LogP contribution in [-0.4, -0.2) is 6.67 Å². The number of halogens is 1. The lowest BCUT2D eigenvalue weighted by atomic mass is 9.95. The van der Waals surface area contributed by atoms with Gasteiger partial charge in [0.05, 0.1) is 6.67 Å². The molecular formula is C8H11F. The third-order valence-electron chi connectivity index (χ3n) is 2.61. The highest BCUT2D eigenvalue weighted by Gasteiger charge is 2.35. The van der Waals surface area contributed by atoms with E-state index in [4.69, 9.17) is 0 Å². The molecule has 0 nitrogen and oxygen atoms in total. The molecule has 9 heavy (non-hydrogen) atoms. The van der Waals surface area contributed by atoms with E-state index >= 15 is 0 Å². The maximum absolute atomic E-state index is 12.1. The highest BCUT2D eigenvalue weighted by molar-refractivity contribution is 5.09. The summed E-state index contributed by atoms with van der Waals surface area (Å²) in [4.78, 5) is 0. The second-order valence-corrected chi connectivity index (χ2v) is 3.19. The molecule has 0 unspecified atom stereocenters. The van der Waals surface area contributed by atoms with E-state index in [1.807, 2.05) is 0 Å². The van der Waals surface area contributed by atoms with Crippen molar-refractivity contribution in [3.05, 3.63) is 12.2 Å². The van der Waals surface area contributed by atoms with Crippen LogP contribution in [0.2, 0.25) is 0 Å². The first kappa shape index (κ1) is 5.45. The summed E-state index contributed by atoms with van der Waals surface area (Å²) < 4.78 is 12.1. The van der Waals surface area contributed by atoms with E-state index in [-0.39, 0.29) is 6.67 Å². The van der Waals surface area contributed by atoms with Gasteiger partial charge in [0.2, 0.25) is 0 Å². The van der Waals surface area contributed by atoms with Gasteiger partial charge in [0, 0.05) is 0 Å². The van der Waals surface area contributed by atoms with Crippen molar-refractivity contribution in [3.8, 4) is 0 Å². The summed E-state index contributed by atoms with van der Waals surface area (Å²) in [5.41, 5.74) is 0. The summed E-state index contributed by atoms with van der Waals surface area (Å²) in [6.45, 7) is -0.106. The van der Waals surface area contributed by atoms with Gasteiger partial charge < -0.3 is 0 Å². The Morgan fingerprint density at radius 3 is 2.56 bits per heavy atom. The molecule has 2 rings (SSSR count). The Kier molecular flexibility index (Phi) is 1.11. The number of alkyl halides is 1. The molecule has 0 spiro atoms. The Balaban J connectivity index is 2.10. The molecule has 0 aromatic rings. The van der Waals surface area contributed by atoms with Gasteiger partial charge in [-0.25, -0.2) is 0 Å². The van der Waals surface area contributed by atoms with Gasteiger partial charge >= 0.3 is 0 Å². The molecule has 0 radical (unpaired) electrons. The molecule has 2 aliphatic rings. The highest BCUT2D eigenvalue weighted by atomic mass is 19.1. The number of hydrogen-bond acceptors (Lipinski definition) is 0. The van der Waals surface area contributed by atoms with Crippen LogP contribution >= 0.6 is 0 Å². The fourth-order valence-corrected chi connectivity index (χ4v) is 2.07. The second kappa shape index (κ2) is 1.83. The molecule has 0 aliphatic heterocycles. The lowest BCUT2D eigenvalue weighted by Crippen LogP contribution is -2.08. The maximum atomic E-state index is 12.1. The maximum Gasteiger partial charge on any atom is 0.0928 e.